The van der Waals surface area contributed by atoms with E-state index in [1.54, 1.807) is 0 Å². The minimum atomic E-state index is -0.274. The van der Waals surface area contributed by atoms with Crippen LogP contribution in [0.2, 0.25) is 0 Å². The van der Waals surface area contributed by atoms with Gasteiger partial charge in [0.15, 0.2) is 12.9 Å². The molecule has 22 heavy (non-hydrogen) atoms. The molecule has 0 aliphatic carbocycles. The Labute approximate surface area is 131 Å². The van der Waals surface area contributed by atoms with Crippen molar-refractivity contribution in [1.29, 1.82) is 0 Å². The monoisotopic (exact) mass is 305 g/mol. The molecular weight excluding hydrogens is 282 g/mol. The number of carbonyl (C=O) groups is 1. The molecule has 120 valence electrons. The zero-order chi connectivity index (χ0) is 15.4. The molecule has 5 nitrogen and oxygen atoms in total. The molecule has 1 aromatic carbocycles. The van der Waals surface area contributed by atoms with Crippen LogP contribution in [0.4, 0.5) is 0 Å². The molecule has 1 aromatic rings. The van der Waals surface area contributed by atoms with E-state index in [0.29, 0.717) is 13.2 Å². The first-order chi connectivity index (χ1) is 10.7. The standard InChI is InChI=1S/C17H23NO4/c1-13-5-7-14(8-6-13)22-12-16(19)18-9-3-2-4-15(18)17-20-10-11-21-17/h5-8,15,17H,2-4,9-12H2,1H3/t15-/m0/s1. The van der Waals surface area contributed by atoms with Crippen LogP contribution in [-0.2, 0) is 14.3 Å². The number of carbonyl (C=O) groups excluding carboxylic acids is 1. The molecule has 0 unspecified atom stereocenters. The number of hydrogen-bond acceptors (Lipinski definition) is 4. The molecule has 2 aliphatic rings. The topological polar surface area (TPSA) is 48.0 Å². The van der Waals surface area contributed by atoms with Crippen molar-refractivity contribution in [3.05, 3.63) is 29.8 Å². The number of amides is 1. The summed E-state index contributed by atoms with van der Waals surface area (Å²) in [7, 11) is 0. The van der Waals surface area contributed by atoms with Crippen LogP contribution >= 0.6 is 0 Å². The van der Waals surface area contributed by atoms with Crippen LogP contribution in [0.3, 0.4) is 0 Å². The second-order valence-electron chi connectivity index (χ2n) is 5.86. The van der Waals surface area contributed by atoms with Crippen molar-refractivity contribution in [2.45, 2.75) is 38.5 Å². The van der Waals surface area contributed by atoms with E-state index >= 15 is 0 Å². The van der Waals surface area contributed by atoms with Gasteiger partial charge in [0.05, 0.1) is 19.3 Å². The number of piperidine rings is 1. The van der Waals surface area contributed by atoms with Gasteiger partial charge >= 0.3 is 0 Å². The van der Waals surface area contributed by atoms with Crippen molar-refractivity contribution < 1.29 is 19.0 Å². The predicted molar refractivity (Wildman–Crippen MR) is 81.7 cm³/mol. The quantitative estimate of drug-likeness (QED) is 0.855. The Morgan fingerprint density at radius 2 is 1.95 bits per heavy atom. The fourth-order valence-electron chi connectivity index (χ4n) is 3.01. The molecule has 0 bridgehead atoms. The molecule has 2 aliphatic heterocycles. The van der Waals surface area contributed by atoms with E-state index in [2.05, 4.69) is 0 Å². The summed E-state index contributed by atoms with van der Waals surface area (Å²) in [6.45, 7) is 4.07. The van der Waals surface area contributed by atoms with Crippen LogP contribution < -0.4 is 4.74 Å². The highest BCUT2D eigenvalue weighted by Crippen LogP contribution is 2.24. The Morgan fingerprint density at radius 3 is 2.68 bits per heavy atom. The zero-order valence-corrected chi connectivity index (χ0v) is 13.0. The third kappa shape index (κ3) is 3.59. The SMILES string of the molecule is Cc1ccc(OCC(=O)N2CCCC[C@H]2C2OCCO2)cc1. The molecule has 0 N–H and O–H groups in total. The molecule has 0 saturated carbocycles. The molecule has 5 heteroatoms. The highest BCUT2D eigenvalue weighted by molar-refractivity contribution is 5.78. The predicted octanol–water partition coefficient (Wildman–Crippen LogP) is 2.13. The van der Waals surface area contributed by atoms with Gasteiger partial charge in [-0.3, -0.25) is 4.79 Å². The van der Waals surface area contributed by atoms with E-state index in [0.717, 1.165) is 31.6 Å². The number of rotatable bonds is 4. The highest BCUT2D eigenvalue weighted by atomic mass is 16.7. The lowest BCUT2D eigenvalue weighted by Crippen LogP contribution is -2.51. The van der Waals surface area contributed by atoms with E-state index < -0.39 is 0 Å². The van der Waals surface area contributed by atoms with Gasteiger partial charge in [-0.25, -0.2) is 0 Å². The Bertz CT molecular complexity index is 496. The lowest BCUT2D eigenvalue weighted by atomic mass is 10.0. The van der Waals surface area contributed by atoms with Gasteiger partial charge in [-0.15, -0.1) is 0 Å². The minimum Gasteiger partial charge on any atom is -0.484 e. The Morgan fingerprint density at radius 1 is 1.23 bits per heavy atom. The average Bonchev–Trinajstić information content (AvgIpc) is 3.08. The highest BCUT2D eigenvalue weighted by Gasteiger charge is 2.36. The Balaban J connectivity index is 1.58. The number of aryl methyl sites for hydroxylation is 1. The lowest BCUT2D eigenvalue weighted by Gasteiger charge is -2.37. The van der Waals surface area contributed by atoms with Crippen LogP contribution in [0.15, 0.2) is 24.3 Å². The van der Waals surface area contributed by atoms with Crippen molar-refractivity contribution in [2.24, 2.45) is 0 Å². The molecule has 2 saturated heterocycles. The summed E-state index contributed by atoms with van der Waals surface area (Å²) in [5, 5.41) is 0. The zero-order valence-electron chi connectivity index (χ0n) is 13.0. The molecule has 1 amide bonds. The number of hydrogen-bond donors (Lipinski definition) is 0. The second kappa shape index (κ2) is 7.11. The Kier molecular flexibility index (Phi) is 4.95. The van der Waals surface area contributed by atoms with E-state index in [1.807, 2.05) is 36.1 Å². The van der Waals surface area contributed by atoms with Gasteiger partial charge in [-0.05, 0) is 38.3 Å². The fraction of sp³-hybridized carbons (Fsp3) is 0.588. The summed E-state index contributed by atoms with van der Waals surface area (Å²) in [5.74, 6) is 0.727. The Hall–Kier alpha value is -1.59. The van der Waals surface area contributed by atoms with Crippen LogP contribution in [0, 0.1) is 6.92 Å². The minimum absolute atomic E-state index is 0.00405. The largest absolute Gasteiger partial charge is 0.484 e. The fourth-order valence-corrected chi connectivity index (χ4v) is 3.01. The summed E-state index contributed by atoms with van der Waals surface area (Å²) in [6, 6.07) is 7.75. The van der Waals surface area contributed by atoms with Crippen LogP contribution in [0.5, 0.6) is 5.75 Å². The molecule has 0 aromatic heterocycles. The van der Waals surface area contributed by atoms with Crippen molar-refractivity contribution in [2.75, 3.05) is 26.4 Å². The molecule has 2 heterocycles. The number of ether oxygens (including phenoxy) is 3. The maximum Gasteiger partial charge on any atom is 0.260 e. The maximum atomic E-state index is 12.5. The molecule has 0 spiro atoms. The van der Waals surface area contributed by atoms with Gasteiger partial charge in [0, 0.05) is 6.54 Å². The van der Waals surface area contributed by atoms with E-state index in [1.165, 1.54) is 5.56 Å². The van der Waals surface area contributed by atoms with Gasteiger partial charge in [0.25, 0.3) is 5.91 Å². The van der Waals surface area contributed by atoms with Gasteiger partial charge in [0.2, 0.25) is 0 Å². The molecular formula is C17H23NO4. The van der Waals surface area contributed by atoms with Crippen molar-refractivity contribution >= 4 is 5.91 Å². The van der Waals surface area contributed by atoms with Gasteiger partial charge in [-0.2, -0.15) is 0 Å². The van der Waals surface area contributed by atoms with Crippen LogP contribution in [-0.4, -0.2) is 49.5 Å². The van der Waals surface area contributed by atoms with Crippen LogP contribution in [0.1, 0.15) is 24.8 Å². The summed E-state index contributed by atoms with van der Waals surface area (Å²) < 4.78 is 16.8. The summed E-state index contributed by atoms with van der Waals surface area (Å²) in [4.78, 5) is 14.4. The lowest BCUT2D eigenvalue weighted by molar-refractivity contribution is -0.152. The summed E-state index contributed by atoms with van der Waals surface area (Å²) in [5.41, 5.74) is 1.17. The molecule has 2 fully saturated rings. The number of nitrogens with zero attached hydrogens (tertiary/aromatic N) is 1. The first kappa shape index (κ1) is 15.3. The normalized spacial score (nSPS) is 22.8. The smallest absolute Gasteiger partial charge is 0.260 e. The van der Waals surface area contributed by atoms with Gasteiger partial charge in [-0.1, -0.05) is 17.7 Å². The average molecular weight is 305 g/mol. The summed E-state index contributed by atoms with van der Waals surface area (Å²) in [6.07, 6.45) is 2.79. The first-order valence-electron chi connectivity index (χ1n) is 7.96. The number of benzene rings is 1. The van der Waals surface area contributed by atoms with E-state index in [4.69, 9.17) is 14.2 Å². The molecule has 3 rings (SSSR count). The molecule has 1 atom stereocenters. The third-order valence-electron chi connectivity index (χ3n) is 4.21. The summed E-state index contributed by atoms with van der Waals surface area (Å²) >= 11 is 0. The number of likely N-dealkylation sites (tertiary alicyclic amines) is 1. The van der Waals surface area contributed by atoms with Crippen LogP contribution in [0.25, 0.3) is 0 Å². The van der Waals surface area contributed by atoms with E-state index in [9.17, 15) is 4.79 Å². The van der Waals surface area contributed by atoms with Crippen molar-refractivity contribution in [3.63, 3.8) is 0 Å². The van der Waals surface area contributed by atoms with Crippen molar-refractivity contribution in [1.82, 2.24) is 4.90 Å². The third-order valence-corrected chi connectivity index (χ3v) is 4.21. The molecule has 0 radical (unpaired) electrons. The van der Waals surface area contributed by atoms with Gasteiger partial charge < -0.3 is 19.1 Å². The maximum absolute atomic E-state index is 12.5. The van der Waals surface area contributed by atoms with E-state index in [-0.39, 0.29) is 24.8 Å². The van der Waals surface area contributed by atoms with Crippen molar-refractivity contribution in [3.8, 4) is 5.75 Å². The second-order valence-corrected chi connectivity index (χ2v) is 5.86. The first-order valence-corrected chi connectivity index (χ1v) is 7.96. The van der Waals surface area contributed by atoms with Gasteiger partial charge in [0.1, 0.15) is 5.75 Å².